The van der Waals surface area contributed by atoms with Crippen molar-refractivity contribution in [3.05, 3.63) is 60.4 Å². The van der Waals surface area contributed by atoms with Crippen molar-refractivity contribution in [1.82, 2.24) is 19.9 Å². The molecule has 6 heteroatoms. The maximum atomic E-state index is 4.54. The first-order chi connectivity index (χ1) is 10.9. The van der Waals surface area contributed by atoms with Gasteiger partial charge in [-0.1, -0.05) is 12.1 Å². The van der Waals surface area contributed by atoms with Gasteiger partial charge in [0.1, 0.15) is 5.82 Å². The third-order valence-corrected chi connectivity index (χ3v) is 4.00. The lowest BCUT2D eigenvalue weighted by molar-refractivity contribution is 1.15. The van der Waals surface area contributed by atoms with E-state index in [4.69, 9.17) is 0 Å². The average molecular weight is 305 g/mol. The number of rotatable bonds is 3. The van der Waals surface area contributed by atoms with Crippen molar-refractivity contribution in [3.63, 3.8) is 0 Å². The second-order valence-corrected chi connectivity index (χ2v) is 5.53. The van der Waals surface area contributed by atoms with E-state index in [2.05, 4.69) is 31.3 Å². The smallest absolute Gasteiger partial charge is 0.228 e. The molecular weight excluding hydrogens is 294 g/mol. The average Bonchev–Trinajstić information content (AvgIpc) is 3.04. The summed E-state index contributed by atoms with van der Waals surface area (Å²) < 4.78 is 1.17. The summed E-state index contributed by atoms with van der Waals surface area (Å²) in [6, 6.07) is 13.7. The van der Waals surface area contributed by atoms with Crippen LogP contribution in [0.15, 0.2) is 60.4 Å². The molecule has 0 saturated carbocycles. The molecule has 4 aromatic rings. The predicted molar refractivity (Wildman–Crippen MR) is 88.2 cm³/mol. The highest BCUT2D eigenvalue weighted by Gasteiger charge is 2.05. The molecule has 22 heavy (non-hydrogen) atoms. The van der Waals surface area contributed by atoms with Gasteiger partial charge >= 0.3 is 0 Å². The maximum absolute atomic E-state index is 4.54. The molecule has 3 aromatic heterocycles. The van der Waals surface area contributed by atoms with E-state index >= 15 is 0 Å². The lowest BCUT2D eigenvalue weighted by atomic mass is 10.1. The standard InChI is InChI=1S/C16H11N5S/c1-2-7-17-15(3-1)21-16-18-8-6-12(20-16)11-4-5-14-13(9-11)19-10-22-14/h1-10H,(H,17,18,20,21). The van der Waals surface area contributed by atoms with E-state index in [1.807, 2.05) is 41.9 Å². The molecule has 0 radical (unpaired) electrons. The molecule has 0 saturated heterocycles. The molecule has 0 atom stereocenters. The van der Waals surface area contributed by atoms with Gasteiger partial charge in [0.05, 0.1) is 21.4 Å². The number of nitrogens with one attached hydrogen (secondary N) is 1. The van der Waals surface area contributed by atoms with Crippen LogP contribution in [0.25, 0.3) is 21.5 Å². The Balaban J connectivity index is 1.69. The van der Waals surface area contributed by atoms with Crippen LogP contribution in [0.1, 0.15) is 0 Å². The number of hydrogen-bond donors (Lipinski definition) is 1. The molecule has 1 N–H and O–H groups in total. The van der Waals surface area contributed by atoms with Gasteiger partial charge in [0.25, 0.3) is 0 Å². The lowest BCUT2D eigenvalue weighted by Gasteiger charge is -2.05. The van der Waals surface area contributed by atoms with Gasteiger partial charge < -0.3 is 5.32 Å². The summed E-state index contributed by atoms with van der Waals surface area (Å²) >= 11 is 1.63. The van der Waals surface area contributed by atoms with Gasteiger partial charge in [-0.25, -0.2) is 19.9 Å². The maximum Gasteiger partial charge on any atom is 0.228 e. The van der Waals surface area contributed by atoms with Crippen LogP contribution in [0.3, 0.4) is 0 Å². The minimum absolute atomic E-state index is 0.523. The van der Waals surface area contributed by atoms with E-state index in [0.717, 1.165) is 22.6 Å². The number of aromatic nitrogens is 4. The molecule has 3 heterocycles. The minimum Gasteiger partial charge on any atom is -0.309 e. The number of hydrogen-bond acceptors (Lipinski definition) is 6. The Bertz CT molecular complexity index is 920. The van der Waals surface area contributed by atoms with Crippen molar-refractivity contribution in [2.24, 2.45) is 0 Å². The summed E-state index contributed by atoms with van der Waals surface area (Å²) in [6.45, 7) is 0. The number of benzene rings is 1. The van der Waals surface area contributed by atoms with Gasteiger partial charge in [0.15, 0.2) is 0 Å². The largest absolute Gasteiger partial charge is 0.309 e. The Hall–Kier alpha value is -2.86. The highest BCUT2D eigenvalue weighted by atomic mass is 32.1. The highest BCUT2D eigenvalue weighted by molar-refractivity contribution is 7.16. The zero-order valence-corrected chi connectivity index (χ0v) is 12.3. The Morgan fingerprint density at radius 1 is 0.909 bits per heavy atom. The van der Waals surface area contributed by atoms with Gasteiger partial charge in [0, 0.05) is 18.0 Å². The van der Waals surface area contributed by atoms with Crippen molar-refractivity contribution in [2.45, 2.75) is 0 Å². The number of fused-ring (bicyclic) bond motifs is 1. The van der Waals surface area contributed by atoms with Crippen LogP contribution in [0.4, 0.5) is 11.8 Å². The second kappa shape index (κ2) is 5.50. The molecule has 0 spiro atoms. The fraction of sp³-hybridized carbons (Fsp3) is 0. The van der Waals surface area contributed by atoms with E-state index in [-0.39, 0.29) is 0 Å². The molecule has 0 aliphatic carbocycles. The summed E-state index contributed by atoms with van der Waals surface area (Å²) in [5.41, 5.74) is 4.70. The molecule has 0 unspecified atom stereocenters. The Morgan fingerprint density at radius 2 is 1.91 bits per heavy atom. The summed E-state index contributed by atoms with van der Waals surface area (Å²) in [5, 5.41) is 3.10. The fourth-order valence-electron chi connectivity index (χ4n) is 2.15. The molecule has 0 aliphatic rings. The molecule has 5 nitrogen and oxygen atoms in total. The number of pyridine rings is 1. The van der Waals surface area contributed by atoms with Crippen molar-refractivity contribution in [1.29, 1.82) is 0 Å². The molecule has 0 amide bonds. The van der Waals surface area contributed by atoms with Gasteiger partial charge in [-0.05, 0) is 30.3 Å². The van der Waals surface area contributed by atoms with E-state index in [1.54, 1.807) is 23.7 Å². The minimum atomic E-state index is 0.523. The number of nitrogens with zero attached hydrogens (tertiary/aromatic N) is 4. The molecule has 4 rings (SSSR count). The van der Waals surface area contributed by atoms with Gasteiger partial charge in [-0.15, -0.1) is 11.3 Å². The van der Waals surface area contributed by atoms with Crippen LogP contribution in [-0.2, 0) is 0 Å². The summed E-state index contributed by atoms with van der Waals surface area (Å²) in [4.78, 5) is 17.3. The van der Waals surface area contributed by atoms with Crippen LogP contribution in [-0.4, -0.2) is 19.9 Å². The molecule has 1 aromatic carbocycles. The molecule has 0 aliphatic heterocycles. The van der Waals surface area contributed by atoms with Crippen LogP contribution in [0.2, 0.25) is 0 Å². The van der Waals surface area contributed by atoms with E-state index < -0.39 is 0 Å². The Labute approximate surface area is 130 Å². The Morgan fingerprint density at radius 3 is 2.82 bits per heavy atom. The summed E-state index contributed by atoms with van der Waals surface area (Å²) in [5.74, 6) is 1.24. The third-order valence-electron chi connectivity index (χ3n) is 3.19. The second-order valence-electron chi connectivity index (χ2n) is 4.64. The first-order valence-corrected chi connectivity index (χ1v) is 7.61. The number of anilines is 2. The molecule has 0 bridgehead atoms. The fourth-order valence-corrected chi connectivity index (χ4v) is 2.81. The normalized spacial score (nSPS) is 10.7. The zero-order chi connectivity index (χ0) is 14.8. The van der Waals surface area contributed by atoms with Crippen molar-refractivity contribution in [3.8, 4) is 11.3 Å². The van der Waals surface area contributed by atoms with Crippen LogP contribution in [0.5, 0.6) is 0 Å². The molecular formula is C16H11N5S. The summed E-state index contributed by atoms with van der Waals surface area (Å²) in [7, 11) is 0. The van der Waals surface area contributed by atoms with Gasteiger partial charge in [-0.2, -0.15) is 0 Å². The SMILES string of the molecule is c1ccc(Nc2nccc(-c3ccc4scnc4c3)n2)nc1. The van der Waals surface area contributed by atoms with E-state index in [0.29, 0.717) is 5.95 Å². The summed E-state index contributed by atoms with van der Waals surface area (Å²) in [6.07, 6.45) is 3.46. The van der Waals surface area contributed by atoms with Crippen molar-refractivity contribution < 1.29 is 0 Å². The molecule has 0 fully saturated rings. The topological polar surface area (TPSA) is 63.6 Å². The lowest BCUT2D eigenvalue weighted by Crippen LogP contribution is -1.99. The third kappa shape index (κ3) is 2.51. The van der Waals surface area contributed by atoms with Crippen LogP contribution >= 0.6 is 11.3 Å². The van der Waals surface area contributed by atoms with Gasteiger partial charge in [-0.3, -0.25) is 0 Å². The number of thiazole rings is 1. The van der Waals surface area contributed by atoms with Gasteiger partial charge in [0.2, 0.25) is 5.95 Å². The predicted octanol–water partition coefficient (Wildman–Crippen LogP) is 3.89. The zero-order valence-electron chi connectivity index (χ0n) is 11.5. The van der Waals surface area contributed by atoms with E-state index in [9.17, 15) is 0 Å². The molecule has 106 valence electrons. The van der Waals surface area contributed by atoms with E-state index in [1.165, 1.54) is 4.70 Å². The highest BCUT2D eigenvalue weighted by Crippen LogP contribution is 2.25. The van der Waals surface area contributed by atoms with Crippen molar-refractivity contribution in [2.75, 3.05) is 5.32 Å². The Kier molecular flexibility index (Phi) is 3.21. The van der Waals surface area contributed by atoms with Crippen LogP contribution in [0, 0.1) is 0 Å². The quantitative estimate of drug-likeness (QED) is 0.622. The first kappa shape index (κ1) is 12.8. The van der Waals surface area contributed by atoms with Crippen LogP contribution < -0.4 is 5.32 Å². The monoisotopic (exact) mass is 305 g/mol. The van der Waals surface area contributed by atoms with Crippen molar-refractivity contribution >= 4 is 33.3 Å². The first-order valence-electron chi connectivity index (χ1n) is 6.73.